The van der Waals surface area contributed by atoms with E-state index in [0.717, 1.165) is 18.2 Å². The van der Waals surface area contributed by atoms with Crippen molar-refractivity contribution in [1.82, 2.24) is 0 Å². The molecule has 0 unspecified atom stereocenters. The van der Waals surface area contributed by atoms with Gasteiger partial charge in [-0.05, 0) is 34.1 Å². The van der Waals surface area contributed by atoms with Gasteiger partial charge in [-0.1, -0.05) is 0 Å². The lowest BCUT2D eigenvalue weighted by atomic mass is 10.2. The van der Waals surface area contributed by atoms with E-state index in [9.17, 15) is 31.3 Å². The van der Waals surface area contributed by atoms with E-state index in [1.54, 1.807) is 5.32 Å². The summed E-state index contributed by atoms with van der Waals surface area (Å²) in [6.07, 6.45) is -5.13. The van der Waals surface area contributed by atoms with E-state index in [2.05, 4.69) is 15.9 Å². The van der Waals surface area contributed by atoms with Crippen molar-refractivity contribution in [3.63, 3.8) is 0 Å². The molecule has 3 N–H and O–H groups in total. The average molecular weight is 454 g/mol. The van der Waals surface area contributed by atoms with Gasteiger partial charge in [-0.3, -0.25) is 9.36 Å². The molecule has 0 atom stereocenters. The largest absolute Gasteiger partial charge is 0.471 e. The highest BCUT2D eigenvalue weighted by Crippen LogP contribution is 2.62. The molecule has 1 aromatic carbocycles. The zero-order chi connectivity index (χ0) is 18.5. The molecule has 0 aliphatic heterocycles. The number of carbonyl (C=O) groups is 1. The van der Waals surface area contributed by atoms with Crippen molar-refractivity contribution < 1.29 is 41.1 Å². The number of hydrogen-bond acceptors (Lipinski definition) is 3. The fraction of sp³-hybridized carbons (Fsp3) is 0.182. The fourth-order valence-electron chi connectivity index (χ4n) is 1.67. The second-order valence-electron chi connectivity index (χ2n) is 4.49. The SMILES string of the molecule is O=C(Nc1ccc2sc(C(F)(F)P(=O)(O)O)c(Br)c2c1)C(F)(F)F. The Hall–Kier alpha value is -1.07. The number of halogens is 6. The van der Waals surface area contributed by atoms with Gasteiger partial charge in [-0.25, -0.2) is 0 Å². The van der Waals surface area contributed by atoms with E-state index in [0.29, 0.717) is 11.3 Å². The molecule has 0 bridgehead atoms. The van der Waals surface area contributed by atoms with Crippen LogP contribution in [0.2, 0.25) is 0 Å². The molecule has 0 spiro atoms. The van der Waals surface area contributed by atoms with Crippen LogP contribution in [0.15, 0.2) is 22.7 Å². The first-order chi connectivity index (χ1) is 10.7. The van der Waals surface area contributed by atoms with E-state index in [1.165, 1.54) is 0 Å². The van der Waals surface area contributed by atoms with Gasteiger partial charge in [0, 0.05) is 20.2 Å². The Bertz CT molecular complexity index is 862. The first kappa shape index (κ1) is 19.3. The number of fused-ring (bicyclic) bond motifs is 1. The van der Waals surface area contributed by atoms with Crippen molar-refractivity contribution in [3.05, 3.63) is 27.5 Å². The van der Waals surface area contributed by atoms with Gasteiger partial charge in [0.1, 0.15) is 4.88 Å². The van der Waals surface area contributed by atoms with Crippen LogP contribution in [0.5, 0.6) is 0 Å². The summed E-state index contributed by atoms with van der Waals surface area (Å²) in [5.41, 5.74) is -4.78. The van der Waals surface area contributed by atoms with Crippen molar-refractivity contribution in [2.24, 2.45) is 0 Å². The Morgan fingerprint density at radius 3 is 2.29 bits per heavy atom. The molecule has 5 nitrogen and oxygen atoms in total. The van der Waals surface area contributed by atoms with E-state index >= 15 is 0 Å². The number of hydrogen-bond donors (Lipinski definition) is 3. The molecule has 2 rings (SSSR count). The second kappa shape index (κ2) is 6.03. The van der Waals surface area contributed by atoms with Crippen LogP contribution in [0.25, 0.3) is 10.1 Å². The molecule has 1 aromatic heterocycles. The van der Waals surface area contributed by atoms with Crippen molar-refractivity contribution >= 4 is 56.5 Å². The van der Waals surface area contributed by atoms with Crippen molar-refractivity contribution in [2.45, 2.75) is 11.8 Å². The van der Waals surface area contributed by atoms with Crippen LogP contribution < -0.4 is 5.32 Å². The van der Waals surface area contributed by atoms with Crippen LogP contribution in [-0.2, 0) is 15.0 Å². The molecule has 0 fully saturated rings. The predicted octanol–water partition coefficient (Wildman–Crippen LogP) is 4.39. The summed E-state index contributed by atoms with van der Waals surface area (Å²) in [6, 6.07) is 3.18. The monoisotopic (exact) mass is 453 g/mol. The lowest BCUT2D eigenvalue weighted by Crippen LogP contribution is -2.29. The lowest BCUT2D eigenvalue weighted by molar-refractivity contribution is -0.167. The number of benzene rings is 1. The topological polar surface area (TPSA) is 86.6 Å². The summed E-state index contributed by atoms with van der Waals surface area (Å²) < 4.78 is 75.0. The van der Waals surface area contributed by atoms with Gasteiger partial charge in [-0.15, -0.1) is 11.3 Å². The summed E-state index contributed by atoms with van der Waals surface area (Å²) in [5.74, 6) is -2.24. The highest BCUT2D eigenvalue weighted by Gasteiger charge is 2.53. The van der Waals surface area contributed by atoms with Crippen LogP contribution >= 0.6 is 34.9 Å². The first-order valence-corrected chi connectivity index (χ1v) is 9.01. The zero-order valence-electron chi connectivity index (χ0n) is 11.1. The molecule has 0 aliphatic rings. The van der Waals surface area contributed by atoms with Crippen molar-refractivity contribution in [1.29, 1.82) is 0 Å². The molecule has 1 amide bonds. The van der Waals surface area contributed by atoms with Crippen molar-refractivity contribution in [3.8, 4) is 0 Å². The van der Waals surface area contributed by atoms with Crippen LogP contribution in [0.3, 0.4) is 0 Å². The summed E-state index contributed by atoms with van der Waals surface area (Å²) in [7, 11) is -5.80. The van der Waals surface area contributed by atoms with Gasteiger partial charge in [0.25, 0.3) is 0 Å². The summed E-state index contributed by atoms with van der Waals surface area (Å²) in [6.45, 7) is 0. The smallest absolute Gasteiger partial charge is 0.320 e. The maximum absolute atomic E-state index is 13.8. The number of carbonyl (C=O) groups excluding carboxylic acids is 1. The molecule has 132 valence electrons. The Morgan fingerprint density at radius 2 is 1.79 bits per heavy atom. The predicted molar refractivity (Wildman–Crippen MR) is 80.1 cm³/mol. The number of thiophene rings is 1. The molecular formula is C11H6BrF5NO4PS. The van der Waals surface area contributed by atoms with Gasteiger partial charge < -0.3 is 15.1 Å². The van der Waals surface area contributed by atoms with Crippen LogP contribution in [0.1, 0.15) is 4.88 Å². The molecule has 1 heterocycles. The van der Waals surface area contributed by atoms with E-state index in [-0.39, 0.29) is 20.2 Å². The molecule has 0 saturated carbocycles. The Balaban J connectivity index is 2.51. The summed E-state index contributed by atoms with van der Waals surface area (Å²) >= 11 is 3.14. The maximum Gasteiger partial charge on any atom is 0.471 e. The van der Waals surface area contributed by atoms with E-state index < -0.39 is 30.2 Å². The minimum Gasteiger partial charge on any atom is -0.320 e. The van der Waals surface area contributed by atoms with E-state index in [4.69, 9.17) is 9.79 Å². The molecule has 2 aromatic rings. The summed E-state index contributed by atoms with van der Waals surface area (Å²) in [5, 5.41) is 1.53. The zero-order valence-corrected chi connectivity index (χ0v) is 14.4. The normalized spacial score (nSPS) is 13.3. The van der Waals surface area contributed by atoms with Gasteiger partial charge in [0.15, 0.2) is 0 Å². The Kier molecular flexibility index (Phi) is 4.83. The van der Waals surface area contributed by atoms with Crippen LogP contribution in [0.4, 0.5) is 27.6 Å². The van der Waals surface area contributed by atoms with Gasteiger partial charge >= 0.3 is 25.3 Å². The minimum absolute atomic E-state index is 0.0249. The number of amides is 1. The quantitative estimate of drug-likeness (QED) is 0.475. The number of rotatable bonds is 3. The molecule has 0 aliphatic carbocycles. The second-order valence-corrected chi connectivity index (χ2v) is 7.99. The Morgan fingerprint density at radius 1 is 1.21 bits per heavy atom. The van der Waals surface area contributed by atoms with Gasteiger partial charge in [-0.2, -0.15) is 22.0 Å². The number of alkyl halides is 5. The fourth-order valence-corrected chi connectivity index (χ4v) is 4.60. The van der Waals surface area contributed by atoms with Crippen LogP contribution in [0, 0.1) is 0 Å². The number of nitrogens with one attached hydrogen (secondary N) is 1. The average Bonchev–Trinajstić information content (AvgIpc) is 2.74. The molecule has 24 heavy (non-hydrogen) atoms. The van der Waals surface area contributed by atoms with Crippen molar-refractivity contribution in [2.75, 3.05) is 5.32 Å². The third-order valence-corrected chi connectivity index (χ3v) is 6.21. The summed E-state index contributed by atoms with van der Waals surface area (Å²) in [4.78, 5) is 27.5. The minimum atomic E-state index is -5.80. The third-order valence-electron chi connectivity index (χ3n) is 2.78. The van der Waals surface area contributed by atoms with Gasteiger partial charge in [0.2, 0.25) is 0 Å². The van der Waals surface area contributed by atoms with Gasteiger partial charge in [0.05, 0.1) is 0 Å². The molecule has 0 saturated heterocycles. The lowest BCUT2D eigenvalue weighted by Gasteiger charge is -2.16. The molecular weight excluding hydrogens is 448 g/mol. The highest BCUT2D eigenvalue weighted by molar-refractivity contribution is 9.10. The standard InChI is InChI=1S/C11H6BrF5NO4PS/c12-7-5-3-4(18-9(19)10(13,14)15)1-2-6(5)24-8(7)11(16,17)23(20,21)22/h1-3H,(H,18,19)(H2,20,21,22). The molecule has 0 radical (unpaired) electrons. The maximum atomic E-state index is 13.8. The van der Waals surface area contributed by atoms with Crippen LogP contribution in [-0.4, -0.2) is 21.9 Å². The molecule has 13 heteroatoms. The highest BCUT2D eigenvalue weighted by atomic mass is 79.9. The third kappa shape index (κ3) is 3.47. The number of anilines is 1. The Labute approximate surface area is 142 Å². The first-order valence-electron chi connectivity index (χ1n) is 5.79. The van der Waals surface area contributed by atoms with E-state index in [1.807, 2.05) is 0 Å².